The van der Waals surface area contributed by atoms with Gasteiger partial charge in [-0.3, -0.25) is 4.57 Å². The third-order valence-electron chi connectivity index (χ3n) is 2.79. The zero-order valence-corrected chi connectivity index (χ0v) is 13.4. The molecule has 2 aromatic carbocycles. The average Bonchev–Trinajstić information content (AvgIpc) is 2.68. The third-order valence-corrected chi connectivity index (χ3v) is 4.24. The molecule has 1 N–H and O–H groups in total. The molecule has 2 nitrogen and oxygen atoms in total. The Balaban J connectivity index is 2.42. The molecule has 0 amide bonds. The van der Waals surface area contributed by atoms with Gasteiger partial charge in [0.05, 0.1) is 16.7 Å². The van der Waals surface area contributed by atoms with Gasteiger partial charge in [-0.2, -0.15) is 0 Å². The van der Waals surface area contributed by atoms with Gasteiger partial charge in [0.15, 0.2) is 4.77 Å². The summed E-state index contributed by atoms with van der Waals surface area (Å²) in [6, 6.07) is 10.3. The zero-order chi connectivity index (χ0) is 13.6. The van der Waals surface area contributed by atoms with E-state index in [2.05, 4.69) is 36.8 Å². The minimum Gasteiger partial charge on any atom is -0.330 e. The molecule has 0 radical (unpaired) electrons. The van der Waals surface area contributed by atoms with Crippen LogP contribution in [-0.4, -0.2) is 9.55 Å². The van der Waals surface area contributed by atoms with Crippen LogP contribution in [0.3, 0.4) is 0 Å². The number of benzene rings is 2. The van der Waals surface area contributed by atoms with E-state index in [0.29, 0.717) is 10.5 Å². The van der Waals surface area contributed by atoms with Crippen molar-refractivity contribution in [2.75, 3.05) is 0 Å². The lowest BCUT2D eigenvalue weighted by Gasteiger charge is -2.07. The Morgan fingerprint density at radius 2 is 1.89 bits per heavy atom. The van der Waals surface area contributed by atoms with Crippen LogP contribution in [0.1, 0.15) is 0 Å². The largest absolute Gasteiger partial charge is 0.330 e. The molecule has 0 aliphatic heterocycles. The van der Waals surface area contributed by atoms with Crippen molar-refractivity contribution in [2.24, 2.45) is 0 Å². The average molecular weight is 402 g/mol. The molecular weight excluding hydrogens is 395 g/mol. The summed E-state index contributed by atoms with van der Waals surface area (Å²) in [5.41, 5.74) is 2.48. The molecular formula is C13H7Br2FN2S. The monoisotopic (exact) mass is 400 g/mol. The molecule has 3 aromatic rings. The van der Waals surface area contributed by atoms with Crippen LogP contribution in [0.2, 0.25) is 0 Å². The molecule has 96 valence electrons. The van der Waals surface area contributed by atoms with Gasteiger partial charge < -0.3 is 4.98 Å². The van der Waals surface area contributed by atoms with Gasteiger partial charge in [0.2, 0.25) is 0 Å². The first-order valence-corrected chi connectivity index (χ1v) is 7.41. The second-order valence-corrected chi connectivity index (χ2v) is 6.18. The van der Waals surface area contributed by atoms with E-state index >= 15 is 0 Å². The zero-order valence-electron chi connectivity index (χ0n) is 9.45. The van der Waals surface area contributed by atoms with E-state index in [-0.39, 0.29) is 5.82 Å². The van der Waals surface area contributed by atoms with E-state index in [9.17, 15) is 4.39 Å². The number of fused-ring (bicyclic) bond motifs is 1. The highest BCUT2D eigenvalue weighted by Crippen LogP contribution is 2.28. The quantitative estimate of drug-likeness (QED) is 0.545. The number of H-pyrrole nitrogens is 1. The van der Waals surface area contributed by atoms with Crippen molar-refractivity contribution in [3.05, 3.63) is 55.9 Å². The fourth-order valence-electron chi connectivity index (χ4n) is 1.97. The predicted octanol–water partition coefficient (Wildman–Crippen LogP) is 5.35. The smallest absolute Gasteiger partial charge is 0.182 e. The number of halogens is 3. The summed E-state index contributed by atoms with van der Waals surface area (Å²) in [5, 5.41) is 0. The van der Waals surface area contributed by atoms with Crippen molar-refractivity contribution in [3.63, 3.8) is 0 Å². The standard InChI is InChI=1S/C13H7Br2FN2S/c14-7-1-4-10-12(5-7)18(13(19)17-10)11-6-8(16)2-3-9(11)15/h1-6H,(H,17,19). The summed E-state index contributed by atoms with van der Waals surface area (Å²) in [7, 11) is 0. The van der Waals surface area contributed by atoms with Crippen molar-refractivity contribution in [3.8, 4) is 5.69 Å². The highest BCUT2D eigenvalue weighted by atomic mass is 79.9. The Hall–Kier alpha value is -0.980. The van der Waals surface area contributed by atoms with Crippen LogP contribution < -0.4 is 0 Å². The number of hydrogen-bond acceptors (Lipinski definition) is 1. The number of rotatable bonds is 1. The second kappa shape index (κ2) is 4.85. The van der Waals surface area contributed by atoms with E-state index in [1.807, 2.05) is 22.8 Å². The maximum atomic E-state index is 13.5. The molecule has 6 heteroatoms. The number of nitrogens with zero attached hydrogens (tertiary/aromatic N) is 1. The number of imidazole rings is 1. The minimum atomic E-state index is -0.301. The molecule has 0 bridgehead atoms. The van der Waals surface area contributed by atoms with Crippen LogP contribution in [0, 0.1) is 10.6 Å². The van der Waals surface area contributed by atoms with Crippen molar-refractivity contribution < 1.29 is 4.39 Å². The SMILES string of the molecule is Fc1ccc(Br)c(-n2c(=S)[nH]c3ccc(Br)cc32)c1. The van der Waals surface area contributed by atoms with E-state index < -0.39 is 0 Å². The van der Waals surface area contributed by atoms with Gasteiger partial charge in [-0.25, -0.2) is 4.39 Å². The van der Waals surface area contributed by atoms with Gasteiger partial charge in [0.1, 0.15) is 5.82 Å². The summed E-state index contributed by atoms with van der Waals surface area (Å²) in [5.74, 6) is -0.301. The Kier molecular flexibility index (Phi) is 3.32. The molecule has 19 heavy (non-hydrogen) atoms. The first-order chi connectivity index (χ1) is 9.06. The van der Waals surface area contributed by atoms with Crippen LogP contribution in [-0.2, 0) is 0 Å². The lowest BCUT2D eigenvalue weighted by atomic mass is 10.2. The van der Waals surface area contributed by atoms with Gasteiger partial charge in [0.25, 0.3) is 0 Å². The van der Waals surface area contributed by atoms with Crippen molar-refractivity contribution >= 4 is 55.1 Å². The van der Waals surface area contributed by atoms with Crippen LogP contribution in [0.5, 0.6) is 0 Å². The van der Waals surface area contributed by atoms with Gasteiger partial charge in [-0.15, -0.1) is 0 Å². The molecule has 0 saturated heterocycles. The van der Waals surface area contributed by atoms with Crippen LogP contribution in [0.4, 0.5) is 4.39 Å². The summed E-state index contributed by atoms with van der Waals surface area (Å²) >= 11 is 12.2. The molecule has 0 saturated carbocycles. The van der Waals surface area contributed by atoms with E-state index in [0.717, 1.165) is 20.0 Å². The Labute approximate surface area is 130 Å². The van der Waals surface area contributed by atoms with Crippen molar-refractivity contribution in [1.82, 2.24) is 9.55 Å². The van der Waals surface area contributed by atoms with Gasteiger partial charge in [-0.1, -0.05) is 15.9 Å². The summed E-state index contributed by atoms with van der Waals surface area (Å²) in [6.07, 6.45) is 0. The van der Waals surface area contributed by atoms with Crippen molar-refractivity contribution in [2.45, 2.75) is 0 Å². The second-order valence-electron chi connectivity index (χ2n) is 4.02. The van der Waals surface area contributed by atoms with E-state index in [4.69, 9.17) is 12.2 Å². The summed E-state index contributed by atoms with van der Waals surface area (Å²) in [6.45, 7) is 0. The fraction of sp³-hybridized carbons (Fsp3) is 0. The summed E-state index contributed by atoms with van der Waals surface area (Å²) in [4.78, 5) is 3.11. The van der Waals surface area contributed by atoms with Gasteiger partial charge in [-0.05, 0) is 64.5 Å². The number of aromatic amines is 1. The number of nitrogens with one attached hydrogen (secondary N) is 1. The van der Waals surface area contributed by atoms with Gasteiger partial charge >= 0.3 is 0 Å². The fourth-order valence-corrected chi connectivity index (χ4v) is 3.05. The Bertz CT molecular complexity index is 838. The normalized spacial score (nSPS) is 11.1. The number of aromatic nitrogens is 2. The lowest BCUT2D eigenvalue weighted by Crippen LogP contribution is -1.96. The predicted molar refractivity (Wildman–Crippen MR) is 83.8 cm³/mol. The third kappa shape index (κ3) is 2.28. The molecule has 0 atom stereocenters. The first kappa shape index (κ1) is 13.0. The highest BCUT2D eigenvalue weighted by molar-refractivity contribution is 9.10. The topological polar surface area (TPSA) is 20.7 Å². The maximum absolute atomic E-state index is 13.5. The Morgan fingerprint density at radius 1 is 1.11 bits per heavy atom. The van der Waals surface area contributed by atoms with Gasteiger partial charge in [0, 0.05) is 8.95 Å². The molecule has 0 aliphatic carbocycles. The molecule has 0 aliphatic rings. The van der Waals surface area contributed by atoms with Crippen LogP contribution in [0.25, 0.3) is 16.7 Å². The molecule has 0 unspecified atom stereocenters. The Morgan fingerprint density at radius 3 is 2.68 bits per heavy atom. The van der Waals surface area contributed by atoms with Crippen LogP contribution >= 0.6 is 44.1 Å². The number of hydrogen-bond donors (Lipinski definition) is 1. The van der Waals surface area contributed by atoms with Crippen LogP contribution in [0.15, 0.2) is 45.3 Å². The molecule has 0 spiro atoms. The maximum Gasteiger partial charge on any atom is 0.182 e. The molecule has 0 fully saturated rings. The minimum absolute atomic E-state index is 0.301. The first-order valence-electron chi connectivity index (χ1n) is 5.42. The molecule has 1 heterocycles. The summed E-state index contributed by atoms with van der Waals surface area (Å²) < 4.78 is 17.5. The van der Waals surface area contributed by atoms with E-state index in [1.54, 1.807) is 6.07 Å². The van der Waals surface area contributed by atoms with E-state index in [1.165, 1.54) is 12.1 Å². The molecule has 3 rings (SSSR count). The van der Waals surface area contributed by atoms with Crippen molar-refractivity contribution in [1.29, 1.82) is 0 Å². The lowest BCUT2D eigenvalue weighted by molar-refractivity contribution is 0.626. The molecule has 1 aromatic heterocycles. The highest BCUT2D eigenvalue weighted by Gasteiger charge is 2.10.